The maximum absolute atomic E-state index is 13.1. The molecule has 3 heterocycles. The van der Waals surface area contributed by atoms with Crippen molar-refractivity contribution in [1.29, 1.82) is 5.26 Å². The van der Waals surface area contributed by atoms with Crippen LogP contribution in [0.15, 0.2) is 72.2 Å². The molecule has 0 saturated heterocycles. The van der Waals surface area contributed by atoms with Crippen LogP contribution in [0.25, 0.3) is 11.2 Å². The van der Waals surface area contributed by atoms with Crippen molar-refractivity contribution in [2.24, 2.45) is 0 Å². The molecule has 0 aliphatic rings. The summed E-state index contributed by atoms with van der Waals surface area (Å²) in [7, 11) is 0. The first-order valence-corrected chi connectivity index (χ1v) is 9.34. The van der Waals surface area contributed by atoms with Gasteiger partial charge in [0.2, 0.25) is 0 Å². The molecule has 148 valence electrons. The van der Waals surface area contributed by atoms with Crippen LogP contribution >= 0.6 is 0 Å². The first-order valence-electron chi connectivity index (χ1n) is 9.34. The van der Waals surface area contributed by atoms with Crippen LogP contribution in [0.2, 0.25) is 0 Å². The van der Waals surface area contributed by atoms with E-state index in [9.17, 15) is 14.9 Å². The van der Waals surface area contributed by atoms with E-state index in [4.69, 9.17) is 4.74 Å². The second-order valence-corrected chi connectivity index (χ2v) is 6.57. The lowest BCUT2D eigenvalue weighted by Crippen LogP contribution is -2.24. The Hall–Kier alpha value is -4.25. The lowest BCUT2D eigenvalue weighted by atomic mass is 10.1. The van der Waals surface area contributed by atoms with Crippen LogP contribution in [0, 0.1) is 11.3 Å². The number of hydrogen-bond acceptors (Lipinski definition) is 6. The van der Waals surface area contributed by atoms with Gasteiger partial charge in [0, 0.05) is 6.20 Å². The van der Waals surface area contributed by atoms with Crippen LogP contribution < -0.4 is 5.56 Å². The summed E-state index contributed by atoms with van der Waals surface area (Å²) in [6, 6.07) is 16.8. The van der Waals surface area contributed by atoms with Crippen LogP contribution in [0.1, 0.15) is 27.9 Å². The summed E-state index contributed by atoms with van der Waals surface area (Å²) in [5, 5.41) is 17.1. The Morgan fingerprint density at radius 2 is 1.80 bits per heavy atom. The van der Waals surface area contributed by atoms with Crippen LogP contribution in [0.3, 0.4) is 0 Å². The summed E-state index contributed by atoms with van der Waals surface area (Å²) in [5.74, 6) is -0.619. The monoisotopic (exact) mass is 399 g/mol. The number of benzene rings is 1. The summed E-state index contributed by atoms with van der Waals surface area (Å²) in [6.45, 7) is 0.204. The van der Waals surface area contributed by atoms with E-state index in [1.807, 2.05) is 36.4 Å². The number of fused-ring (bicyclic) bond motifs is 1. The Balaban J connectivity index is 1.71. The zero-order valence-electron chi connectivity index (χ0n) is 15.9. The molecule has 0 N–H and O–H groups in total. The van der Waals surface area contributed by atoms with Crippen molar-refractivity contribution in [2.75, 3.05) is 6.61 Å². The molecule has 4 aromatic rings. The maximum Gasteiger partial charge on any atom is 0.342 e. The highest BCUT2D eigenvalue weighted by Crippen LogP contribution is 2.23. The number of aromatic nitrogens is 4. The summed E-state index contributed by atoms with van der Waals surface area (Å²) < 4.78 is 8.17. The van der Waals surface area contributed by atoms with E-state index in [1.54, 1.807) is 18.2 Å². The molecule has 0 radical (unpaired) electrons. The number of nitrogens with zero attached hydrogens (tertiary/aromatic N) is 5. The van der Waals surface area contributed by atoms with Gasteiger partial charge in [-0.25, -0.2) is 4.79 Å². The van der Waals surface area contributed by atoms with E-state index in [0.717, 1.165) is 12.0 Å². The van der Waals surface area contributed by atoms with Gasteiger partial charge in [-0.2, -0.15) is 5.26 Å². The van der Waals surface area contributed by atoms with Crippen molar-refractivity contribution in [3.05, 3.63) is 94.4 Å². The number of nitriles is 1. The minimum atomic E-state index is -0.619. The summed E-state index contributed by atoms with van der Waals surface area (Å²) >= 11 is 0. The lowest BCUT2D eigenvalue weighted by molar-refractivity contribution is 0.0502. The predicted molar refractivity (Wildman–Crippen MR) is 108 cm³/mol. The average Bonchev–Trinajstić information content (AvgIpc) is 3.32. The van der Waals surface area contributed by atoms with Crippen molar-refractivity contribution >= 4 is 11.5 Å². The minimum Gasteiger partial charge on any atom is -0.462 e. The van der Waals surface area contributed by atoms with Gasteiger partial charge < -0.3 is 4.74 Å². The molecule has 0 aliphatic heterocycles. The maximum atomic E-state index is 13.1. The molecule has 0 bridgehead atoms. The third kappa shape index (κ3) is 3.56. The van der Waals surface area contributed by atoms with E-state index < -0.39 is 11.5 Å². The molecule has 1 aromatic carbocycles. The van der Waals surface area contributed by atoms with E-state index >= 15 is 0 Å². The average molecular weight is 399 g/mol. The van der Waals surface area contributed by atoms with Crippen LogP contribution in [-0.2, 0) is 11.2 Å². The highest BCUT2D eigenvalue weighted by molar-refractivity contribution is 6.01. The van der Waals surface area contributed by atoms with Gasteiger partial charge in [0.1, 0.15) is 29.9 Å². The molecular formula is C22H17N5O3. The largest absolute Gasteiger partial charge is 0.462 e. The topological polar surface area (TPSA) is 102 Å². The number of aryl methyl sites for hydroxylation is 1. The third-order valence-corrected chi connectivity index (χ3v) is 4.70. The predicted octanol–water partition coefficient (Wildman–Crippen LogP) is 2.54. The van der Waals surface area contributed by atoms with Gasteiger partial charge in [0.25, 0.3) is 5.56 Å². The van der Waals surface area contributed by atoms with E-state index in [0.29, 0.717) is 11.9 Å². The molecule has 0 amide bonds. The Bertz CT molecular complexity index is 1290. The fraction of sp³-hybridized carbons (Fsp3) is 0.136. The number of pyridine rings is 2. The molecule has 30 heavy (non-hydrogen) atoms. The number of ether oxygens (including phenoxy) is 1. The standard InChI is InChI=1S/C22H17N5O3/c23-13-17-20(26-14-24-25-15-26)19(18-10-4-5-11-27(18)21(17)28)22(29)30-12-6-9-16-7-2-1-3-8-16/h1-5,7-8,10-11,14-15H,6,9,12H2. The van der Waals surface area contributed by atoms with Crippen LogP contribution in [0.4, 0.5) is 0 Å². The van der Waals surface area contributed by atoms with Gasteiger partial charge in [0.05, 0.1) is 17.8 Å². The molecule has 0 unspecified atom stereocenters. The number of carbonyl (C=O) groups is 1. The Labute approximate surface area is 171 Å². The van der Waals surface area contributed by atoms with Crippen molar-refractivity contribution < 1.29 is 9.53 Å². The lowest BCUT2D eigenvalue weighted by Gasteiger charge is -2.14. The smallest absolute Gasteiger partial charge is 0.342 e. The van der Waals surface area contributed by atoms with Crippen molar-refractivity contribution in [3.8, 4) is 11.8 Å². The highest BCUT2D eigenvalue weighted by Gasteiger charge is 2.25. The van der Waals surface area contributed by atoms with Crippen molar-refractivity contribution in [3.63, 3.8) is 0 Å². The molecule has 0 atom stereocenters. The molecule has 4 rings (SSSR count). The van der Waals surface area contributed by atoms with E-state index in [1.165, 1.54) is 27.8 Å². The Kier molecular flexibility index (Phi) is 5.35. The highest BCUT2D eigenvalue weighted by atomic mass is 16.5. The SMILES string of the molecule is N#Cc1c(-n2cnnc2)c(C(=O)OCCCc2ccccc2)c2ccccn2c1=O. The van der Waals surface area contributed by atoms with Gasteiger partial charge in [-0.05, 0) is 30.5 Å². The van der Waals surface area contributed by atoms with Gasteiger partial charge in [-0.15, -0.1) is 10.2 Å². The second kappa shape index (κ2) is 8.41. The molecular weight excluding hydrogens is 382 g/mol. The van der Waals surface area contributed by atoms with Gasteiger partial charge in [-0.1, -0.05) is 36.4 Å². The quantitative estimate of drug-likeness (QED) is 0.365. The van der Waals surface area contributed by atoms with E-state index in [2.05, 4.69) is 10.2 Å². The zero-order chi connectivity index (χ0) is 20.9. The first kappa shape index (κ1) is 19.1. The molecule has 3 aromatic heterocycles. The fourth-order valence-electron chi connectivity index (χ4n) is 3.33. The van der Waals surface area contributed by atoms with Crippen LogP contribution in [0.5, 0.6) is 0 Å². The second-order valence-electron chi connectivity index (χ2n) is 6.57. The molecule has 8 heteroatoms. The van der Waals surface area contributed by atoms with Crippen molar-refractivity contribution in [2.45, 2.75) is 12.8 Å². The van der Waals surface area contributed by atoms with Gasteiger partial charge in [0.15, 0.2) is 0 Å². The molecule has 0 saturated carbocycles. The Morgan fingerprint density at radius 1 is 1.07 bits per heavy atom. The molecule has 0 aliphatic carbocycles. The Morgan fingerprint density at radius 3 is 2.53 bits per heavy atom. The third-order valence-electron chi connectivity index (χ3n) is 4.70. The number of carbonyl (C=O) groups excluding carboxylic acids is 1. The molecule has 8 nitrogen and oxygen atoms in total. The minimum absolute atomic E-state index is 0.117. The number of esters is 1. The van der Waals surface area contributed by atoms with Gasteiger partial charge in [-0.3, -0.25) is 13.8 Å². The molecule has 0 fully saturated rings. The molecule has 0 spiro atoms. The fourth-order valence-corrected chi connectivity index (χ4v) is 3.33. The number of hydrogen-bond donors (Lipinski definition) is 0. The summed E-state index contributed by atoms with van der Waals surface area (Å²) in [5.41, 5.74) is 1.02. The van der Waals surface area contributed by atoms with Gasteiger partial charge >= 0.3 is 5.97 Å². The normalized spacial score (nSPS) is 10.6. The van der Waals surface area contributed by atoms with E-state index in [-0.39, 0.29) is 23.4 Å². The summed E-state index contributed by atoms with van der Waals surface area (Å²) in [4.78, 5) is 25.9. The van der Waals surface area contributed by atoms with Crippen LogP contribution in [-0.4, -0.2) is 31.7 Å². The number of rotatable bonds is 6. The zero-order valence-corrected chi connectivity index (χ0v) is 15.9. The first-order chi connectivity index (χ1) is 14.7. The van der Waals surface area contributed by atoms with Crippen molar-refractivity contribution in [1.82, 2.24) is 19.2 Å². The summed E-state index contributed by atoms with van der Waals surface area (Å²) in [6.07, 6.45) is 5.60.